The highest BCUT2D eigenvalue weighted by Crippen LogP contribution is 2.34. The second-order valence-electron chi connectivity index (χ2n) is 4.23. The molecule has 1 amide bonds. The van der Waals surface area contributed by atoms with Gasteiger partial charge in [-0.05, 0) is 31.2 Å². The molecule has 1 unspecified atom stereocenters. The molecule has 1 saturated heterocycles. The molecule has 1 aliphatic heterocycles. The Bertz CT molecular complexity index is 379. The summed E-state index contributed by atoms with van der Waals surface area (Å²) < 4.78 is 4.97. The summed E-state index contributed by atoms with van der Waals surface area (Å²) in [6, 6.07) is 3.83. The molecule has 0 spiro atoms. The molecule has 17 heavy (non-hydrogen) atoms. The normalized spacial score (nSPS) is 24.7. The van der Waals surface area contributed by atoms with Crippen molar-refractivity contribution in [3.63, 3.8) is 0 Å². The minimum Gasteiger partial charge on any atom is -0.450 e. The molecule has 0 bridgehead atoms. The number of rotatable bonds is 2. The molecule has 0 aliphatic carbocycles. The number of aliphatic hydroxyl groups is 1. The van der Waals surface area contributed by atoms with Crippen LogP contribution < -0.4 is 0 Å². The quantitative estimate of drug-likeness (QED) is 0.881. The van der Waals surface area contributed by atoms with Crippen molar-refractivity contribution >= 4 is 17.4 Å². The minimum atomic E-state index is -0.904. The SMILES string of the molecule is CCOC(=O)N1CCCC(O)(c2cccs2)C1. The number of carbonyl (C=O) groups excluding carboxylic acids is 1. The highest BCUT2D eigenvalue weighted by Gasteiger charge is 2.37. The molecule has 1 N–H and O–H groups in total. The van der Waals surface area contributed by atoms with Gasteiger partial charge in [0, 0.05) is 11.4 Å². The fourth-order valence-electron chi connectivity index (χ4n) is 2.15. The van der Waals surface area contributed by atoms with Crippen LogP contribution in [0.5, 0.6) is 0 Å². The lowest BCUT2D eigenvalue weighted by molar-refractivity contribution is -0.0308. The van der Waals surface area contributed by atoms with E-state index in [-0.39, 0.29) is 6.09 Å². The van der Waals surface area contributed by atoms with Gasteiger partial charge in [0.15, 0.2) is 0 Å². The van der Waals surface area contributed by atoms with Crippen LogP contribution in [0.3, 0.4) is 0 Å². The van der Waals surface area contributed by atoms with Crippen molar-refractivity contribution in [1.29, 1.82) is 0 Å². The number of hydrogen-bond acceptors (Lipinski definition) is 4. The van der Waals surface area contributed by atoms with Gasteiger partial charge in [-0.1, -0.05) is 6.07 Å². The van der Waals surface area contributed by atoms with Crippen molar-refractivity contribution in [3.05, 3.63) is 22.4 Å². The van der Waals surface area contributed by atoms with E-state index in [9.17, 15) is 9.90 Å². The number of nitrogens with zero attached hydrogens (tertiary/aromatic N) is 1. The Kier molecular flexibility index (Phi) is 3.69. The van der Waals surface area contributed by atoms with Crippen LogP contribution in [0.25, 0.3) is 0 Å². The van der Waals surface area contributed by atoms with Gasteiger partial charge in [0.05, 0.1) is 13.2 Å². The van der Waals surface area contributed by atoms with Crippen molar-refractivity contribution in [2.75, 3.05) is 19.7 Å². The number of piperidine rings is 1. The molecule has 5 heteroatoms. The third kappa shape index (κ3) is 2.61. The molecule has 0 aromatic carbocycles. The first-order valence-electron chi connectivity index (χ1n) is 5.84. The van der Waals surface area contributed by atoms with E-state index in [2.05, 4.69) is 0 Å². The zero-order valence-electron chi connectivity index (χ0n) is 9.89. The van der Waals surface area contributed by atoms with Crippen molar-refractivity contribution in [1.82, 2.24) is 4.90 Å². The van der Waals surface area contributed by atoms with Crippen LogP contribution in [0, 0.1) is 0 Å². The third-order valence-corrected chi connectivity index (χ3v) is 4.04. The summed E-state index contributed by atoms with van der Waals surface area (Å²) in [5, 5.41) is 12.5. The van der Waals surface area contributed by atoms with Crippen LogP contribution in [-0.2, 0) is 10.3 Å². The molecule has 2 heterocycles. The Balaban J connectivity index is 2.09. The lowest BCUT2D eigenvalue weighted by Gasteiger charge is -2.37. The van der Waals surface area contributed by atoms with Crippen molar-refractivity contribution in [3.8, 4) is 0 Å². The first-order valence-corrected chi connectivity index (χ1v) is 6.72. The maximum Gasteiger partial charge on any atom is 0.409 e. The summed E-state index contributed by atoms with van der Waals surface area (Å²) in [5.41, 5.74) is -0.904. The topological polar surface area (TPSA) is 49.8 Å². The first kappa shape index (κ1) is 12.4. The number of ether oxygens (including phenoxy) is 1. The number of amides is 1. The van der Waals surface area contributed by atoms with Crippen LogP contribution in [0.4, 0.5) is 4.79 Å². The molecule has 0 saturated carbocycles. The number of carbonyl (C=O) groups is 1. The molecule has 0 radical (unpaired) electrons. The van der Waals surface area contributed by atoms with E-state index in [4.69, 9.17) is 4.74 Å². The molecule has 2 rings (SSSR count). The van der Waals surface area contributed by atoms with Crippen LogP contribution in [0.1, 0.15) is 24.6 Å². The highest BCUT2D eigenvalue weighted by atomic mass is 32.1. The van der Waals surface area contributed by atoms with E-state index in [0.717, 1.165) is 11.3 Å². The number of likely N-dealkylation sites (tertiary alicyclic amines) is 1. The molecule has 1 atom stereocenters. The minimum absolute atomic E-state index is 0.326. The molecule has 1 aromatic heterocycles. The van der Waals surface area contributed by atoms with Gasteiger partial charge in [-0.15, -0.1) is 11.3 Å². The smallest absolute Gasteiger partial charge is 0.409 e. The fraction of sp³-hybridized carbons (Fsp3) is 0.583. The van der Waals surface area contributed by atoms with E-state index >= 15 is 0 Å². The summed E-state index contributed by atoms with van der Waals surface area (Å²) in [5.74, 6) is 0. The Morgan fingerprint density at radius 3 is 3.18 bits per heavy atom. The lowest BCUT2D eigenvalue weighted by atomic mass is 9.91. The largest absolute Gasteiger partial charge is 0.450 e. The van der Waals surface area contributed by atoms with Crippen molar-refractivity contribution in [2.45, 2.75) is 25.4 Å². The second-order valence-corrected chi connectivity index (χ2v) is 5.18. The predicted octanol–water partition coefficient (Wildman–Crippen LogP) is 2.19. The van der Waals surface area contributed by atoms with Gasteiger partial charge in [-0.3, -0.25) is 0 Å². The highest BCUT2D eigenvalue weighted by molar-refractivity contribution is 7.10. The number of hydrogen-bond donors (Lipinski definition) is 1. The predicted molar refractivity (Wildman–Crippen MR) is 66.0 cm³/mol. The van der Waals surface area contributed by atoms with Gasteiger partial charge in [-0.2, -0.15) is 0 Å². The third-order valence-electron chi connectivity index (χ3n) is 2.98. The second kappa shape index (κ2) is 5.06. The van der Waals surface area contributed by atoms with Crippen molar-refractivity contribution in [2.24, 2.45) is 0 Å². The Morgan fingerprint density at radius 2 is 2.53 bits per heavy atom. The average molecular weight is 255 g/mol. The summed E-state index contributed by atoms with van der Waals surface area (Å²) >= 11 is 1.53. The van der Waals surface area contributed by atoms with Gasteiger partial charge >= 0.3 is 6.09 Å². The zero-order valence-corrected chi connectivity index (χ0v) is 10.7. The molecule has 1 fully saturated rings. The molecular weight excluding hydrogens is 238 g/mol. The molecule has 1 aromatic rings. The van der Waals surface area contributed by atoms with Crippen molar-refractivity contribution < 1.29 is 14.6 Å². The van der Waals surface area contributed by atoms with Gasteiger partial charge < -0.3 is 14.7 Å². The van der Waals surface area contributed by atoms with Gasteiger partial charge in [0.25, 0.3) is 0 Å². The van der Waals surface area contributed by atoms with Gasteiger partial charge in [0.2, 0.25) is 0 Å². The fourth-order valence-corrected chi connectivity index (χ4v) is 3.00. The molecule has 4 nitrogen and oxygen atoms in total. The van der Waals surface area contributed by atoms with Gasteiger partial charge in [-0.25, -0.2) is 4.79 Å². The Labute approximate surface area is 105 Å². The Hall–Kier alpha value is -1.07. The van der Waals surface area contributed by atoms with Crippen LogP contribution in [0.15, 0.2) is 17.5 Å². The maximum atomic E-state index is 11.7. The number of thiophene rings is 1. The van der Waals surface area contributed by atoms with Crippen LogP contribution in [0.2, 0.25) is 0 Å². The molecule has 1 aliphatic rings. The average Bonchev–Trinajstić information content (AvgIpc) is 2.83. The monoisotopic (exact) mass is 255 g/mol. The molecule has 94 valence electrons. The summed E-state index contributed by atoms with van der Waals surface area (Å²) in [7, 11) is 0. The van der Waals surface area contributed by atoms with E-state index in [1.165, 1.54) is 11.3 Å². The lowest BCUT2D eigenvalue weighted by Crippen LogP contribution is -2.48. The summed E-state index contributed by atoms with van der Waals surface area (Å²) in [6.07, 6.45) is 1.17. The van der Waals surface area contributed by atoms with E-state index in [1.54, 1.807) is 11.8 Å². The summed E-state index contributed by atoms with van der Waals surface area (Å²) in [6.45, 7) is 3.14. The Morgan fingerprint density at radius 1 is 1.71 bits per heavy atom. The van der Waals surface area contributed by atoms with E-state index in [1.807, 2.05) is 17.5 Å². The van der Waals surface area contributed by atoms with Crippen LogP contribution in [-0.4, -0.2) is 35.8 Å². The zero-order chi connectivity index (χ0) is 12.3. The maximum absolute atomic E-state index is 11.7. The molecular formula is C12H17NO3S. The van der Waals surface area contributed by atoms with Gasteiger partial charge in [0.1, 0.15) is 5.60 Å². The standard InChI is InChI=1S/C12H17NO3S/c1-2-16-11(14)13-7-4-6-12(15,9-13)10-5-3-8-17-10/h3,5,8,15H,2,4,6-7,9H2,1H3. The summed E-state index contributed by atoms with van der Waals surface area (Å²) in [4.78, 5) is 14.2. The number of β-amino-alcohol motifs (C(OH)–C–C–N with tert-alkyl or cyclic N) is 1. The van der Waals surface area contributed by atoms with E-state index in [0.29, 0.717) is 26.1 Å². The first-order chi connectivity index (χ1) is 8.15. The van der Waals surface area contributed by atoms with E-state index < -0.39 is 5.60 Å². The van der Waals surface area contributed by atoms with Crippen LogP contribution >= 0.6 is 11.3 Å².